The van der Waals surface area contributed by atoms with Crippen LogP contribution in [-0.4, -0.2) is 20.9 Å². The fraction of sp³-hybridized carbons (Fsp3) is 0.0714. The number of hydrogen-bond donors (Lipinski definition) is 3. The van der Waals surface area contributed by atoms with Gasteiger partial charge < -0.3 is 15.3 Å². The minimum absolute atomic E-state index is 0.240. The molecule has 3 rings (SSSR count). The van der Waals surface area contributed by atoms with Crippen LogP contribution in [0.25, 0.3) is 11.0 Å². The molecule has 0 saturated heterocycles. The summed E-state index contributed by atoms with van der Waals surface area (Å²) in [5, 5.41) is 2.77. The van der Waals surface area contributed by atoms with E-state index in [1.807, 2.05) is 19.1 Å². The number of nitrogens with one attached hydrogen (secondary N) is 3. The highest BCUT2D eigenvalue weighted by Gasteiger charge is 2.07. The Morgan fingerprint density at radius 1 is 1.25 bits per heavy atom. The Morgan fingerprint density at radius 3 is 2.85 bits per heavy atom. The molecule has 0 saturated carbocycles. The molecule has 3 N–H and O–H groups in total. The molecule has 0 aliphatic rings. The second-order valence-corrected chi connectivity index (χ2v) is 4.45. The van der Waals surface area contributed by atoms with E-state index in [2.05, 4.69) is 20.3 Å². The van der Waals surface area contributed by atoms with E-state index in [9.17, 15) is 9.59 Å². The predicted octanol–water partition coefficient (Wildman–Crippen LogP) is 1.81. The molecule has 0 spiro atoms. The molecule has 6 heteroatoms. The number of aromatic nitrogens is 3. The molecule has 6 nitrogen and oxygen atoms in total. The number of amides is 1. The van der Waals surface area contributed by atoms with Crippen molar-refractivity contribution in [3.63, 3.8) is 0 Å². The standard InChI is InChI=1S/C14H12N4O2/c1-8-16-11-4-3-10(6-12(11)17-8)18-14(20)9-2-5-13(19)15-7-9/h2-7H,1H3,(H,15,19)(H,16,17)(H,18,20). The third kappa shape index (κ3) is 2.31. The molecule has 2 aromatic heterocycles. The fourth-order valence-corrected chi connectivity index (χ4v) is 1.97. The van der Waals surface area contributed by atoms with Crippen LogP contribution in [0.2, 0.25) is 0 Å². The first-order valence-corrected chi connectivity index (χ1v) is 6.08. The number of aryl methyl sites for hydroxylation is 1. The molecular weight excluding hydrogens is 256 g/mol. The smallest absolute Gasteiger partial charge is 0.257 e. The van der Waals surface area contributed by atoms with E-state index in [0.29, 0.717) is 11.3 Å². The Labute approximate surface area is 113 Å². The summed E-state index contributed by atoms with van der Waals surface area (Å²) in [6.07, 6.45) is 1.39. The first kappa shape index (κ1) is 12.2. The minimum Gasteiger partial charge on any atom is -0.342 e. The summed E-state index contributed by atoms with van der Waals surface area (Å²) in [6, 6.07) is 8.23. The highest BCUT2D eigenvalue weighted by atomic mass is 16.1. The fourth-order valence-electron chi connectivity index (χ4n) is 1.97. The topological polar surface area (TPSA) is 90.6 Å². The van der Waals surface area contributed by atoms with Crippen molar-refractivity contribution in [2.45, 2.75) is 6.92 Å². The van der Waals surface area contributed by atoms with Crippen LogP contribution < -0.4 is 10.9 Å². The average Bonchev–Trinajstić information content (AvgIpc) is 2.78. The van der Waals surface area contributed by atoms with Crippen molar-refractivity contribution in [2.24, 2.45) is 0 Å². The lowest BCUT2D eigenvalue weighted by atomic mass is 10.2. The molecule has 2 heterocycles. The molecule has 0 aliphatic heterocycles. The number of anilines is 1. The first-order chi connectivity index (χ1) is 9.61. The molecule has 1 amide bonds. The monoisotopic (exact) mass is 268 g/mol. The van der Waals surface area contributed by atoms with Crippen molar-refractivity contribution < 1.29 is 4.79 Å². The van der Waals surface area contributed by atoms with Crippen molar-refractivity contribution in [1.29, 1.82) is 0 Å². The van der Waals surface area contributed by atoms with Gasteiger partial charge in [0.1, 0.15) is 5.82 Å². The molecule has 0 radical (unpaired) electrons. The summed E-state index contributed by atoms with van der Waals surface area (Å²) in [6.45, 7) is 1.87. The highest BCUT2D eigenvalue weighted by Crippen LogP contribution is 2.17. The molecule has 20 heavy (non-hydrogen) atoms. The van der Waals surface area contributed by atoms with Crippen molar-refractivity contribution in [3.8, 4) is 0 Å². The van der Waals surface area contributed by atoms with Crippen molar-refractivity contribution in [1.82, 2.24) is 15.0 Å². The van der Waals surface area contributed by atoms with Gasteiger partial charge in [0.15, 0.2) is 0 Å². The van der Waals surface area contributed by atoms with Crippen LogP contribution in [0.4, 0.5) is 5.69 Å². The number of aromatic amines is 2. The lowest BCUT2D eigenvalue weighted by molar-refractivity contribution is 0.102. The van der Waals surface area contributed by atoms with Gasteiger partial charge in [-0.15, -0.1) is 0 Å². The summed E-state index contributed by atoms with van der Waals surface area (Å²) in [4.78, 5) is 32.8. The highest BCUT2D eigenvalue weighted by molar-refractivity contribution is 6.04. The maximum atomic E-state index is 12.0. The average molecular weight is 268 g/mol. The lowest BCUT2D eigenvalue weighted by Crippen LogP contribution is -2.14. The maximum absolute atomic E-state index is 12.0. The van der Waals surface area contributed by atoms with Crippen molar-refractivity contribution in [3.05, 3.63) is 58.3 Å². The summed E-state index contributed by atoms with van der Waals surface area (Å²) < 4.78 is 0. The Morgan fingerprint density at radius 2 is 2.10 bits per heavy atom. The number of pyridine rings is 1. The molecule has 0 bridgehead atoms. The number of carbonyl (C=O) groups is 1. The van der Waals surface area contributed by atoms with Gasteiger partial charge in [0.25, 0.3) is 5.91 Å². The zero-order valence-corrected chi connectivity index (χ0v) is 10.7. The number of nitrogens with zero attached hydrogens (tertiary/aromatic N) is 1. The quantitative estimate of drug-likeness (QED) is 0.662. The van der Waals surface area contributed by atoms with Crippen LogP contribution in [0.1, 0.15) is 16.2 Å². The minimum atomic E-state index is -0.281. The molecule has 0 fully saturated rings. The van der Waals surface area contributed by atoms with Crippen LogP contribution in [0.15, 0.2) is 41.3 Å². The molecule has 100 valence electrons. The number of carbonyl (C=O) groups excluding carboxylic acids is 1. The summed E-state index contributed by atoms with van der Waals surface area (Å²) >= 11 is 0. The van der Waals surface area contributed by atoms with E-state index in [-0.39, 0.29) is 11.5 Å². The molecule has 1 aromatic carbocycles. The van der Waals surface area contributed by atoms with Crippen LogP contribution >= 0.6 is 0 Å². The molecule has 0 atom stereocenters. The maximum Gasteiger partial charge on any atom is 0.257 e. The van der Waals surface area contributed by atoms with Gasteiger partial charge in [-0.05, 0) is 31.2 Å². The lowest BCUT2D eigenvalue weighted by Gasteiger charge is -2.04. The van der Waals surface area contributed by atoms with Gasteiger partial charge in [0, 0.05) is 18.0 Å². The van der Waals surface area contributed by atoms with Crippen LogP contribution in [0.5, 0.6) is 0 Å². The number of rotatable bonds is 2. The van der Waals surface area contributed by atoms with Crippen LogP contribution in [-0.2, 0) is 0 Å². The van der Waals surface area contributed by atoms with Crippen molar-refractivity contribution in [2.75, 3.05) is 5.32 Å². The SMILES string of the molecule is Cc1nc2ccc(NC(=O)c3ccc(=O)[nH]c3)cc2[nH]1. The van der Waals surface area contributed by atoms with Gasteiger partial charge in [0.05, 0.1) is 16.6 Å². The van der Waals surface area contributed by atoms with E-state index in [4.69, 9.17) is 0 Å². The second kappa shape index (κ2) is 4.65. The van der Waals surface area contributed by atoms with Crippen LogP contribution in [0, 0.1) is 6.92 Å². The Balaban J connectivity index is 1.86. The van der Waals surface area contributed by atoms with E-state index in [0.717, 1.165) is 16.9 Å². The van der Waals surface area contributed by atoms with Gasteiger partial charge in [-0.3, -0.25) is 9.59 Å². The normalized spacial score (nSPS) is 10.7. The third-order valence-electron chi connectivity index (χ3n) is 2.90. The number of benzene rings is 1. The number of imidazole rings is 1. The van der Waals surface area contributed by atoms with E-state index < -0.39 is 0 Å². The zero-order valence-electron chi connectivity index (χ0n) is 10.7. The van der Waals surface area contributed by atoms with Gasteiger partial charge in [0.2, 0.25) is 5.56 Å². The number of H-pyrrole nitrogens is 2. The first-order valence-electron chi connectivity index (χ1n) is 6.08. The van der Waals surface area contributed by atoms with Gasteiger partial charge >= 0.3 is 0 Å². The Hall–Kier alpha value is -2.89. The number of hydrogen-bond acceptors (Lipinski definition) is 3. The molecular formula is C14H12N4O2. The molecule has 0 unspecified atom stereocenters. The van der Waals surface area contributed by atoms with Gasteiger partial charge in [-0.25, -0.2) is 4.98 Å². The molecule has 0 aliphatic carbocycles. The van der Waals surface area contributed by atoms with Crippen molar-refractivity contribution >= 4 is 22.6 Å². The predicted molar refractivity (Wildman–Crippen MR) is 75.8 cm³/mol. The second-order valence-electron chi connectivity index (χ2n) is 4.45. The third-order valence-corrected chi connectivity index (χ3v) is 2.90. The summed E-state index contributed by atoms with van der Waals surface area (Å²) in [5.74, 6) is 0.543. The Bertz CT molecular complexity index is 827. The largest absolute Gasteiger partial charge is 0.342 e. The summed E-state index contributed by atoms with van der Waals surface area (Å²) in [7, 11) is 0. The van der Waals surface area contributed by atoms with Crippen LogP contribution in [0.3, 0.4) is 0 Å². The Kier molecular flexibility index (Phi) is 2.83. The summed E-state index contributed by atoms with van der Waals surface area (Å²) in [5.41, 5.74) is 2.53. The van der Waals surface area contributed by atoms with Gasteiger partial charge in [-0.1, -0.05) is 0 Å². The number of fused-ring (bicyclic) bond motifs is 1. The van der Waals surface area contributed by atoms with E-state index in [1.54, 1.807) is 6.07 Å². The molecule has 3 aromatic rings. The zero-order chi connectivity index (χ0) is 14.1. The van der Waals surface area contributed by atoms with Gasteiger partial charge in [-0.2, -0.15) is 0 Å². The van der Waals surface area contributed by atoms with E-state index in [1.165, 1.54) is 18.3 Å². The van der Waals surface area contributed by atoms with E-state index >= 15 is 0 Å².